The molecule has 1 aliphatic heterocycles. The van der Waals surface area contributed by atoms with Crippen LogP contribution >= 0.6 is 0 Å². The lowest BCUT2D eigenvalue weighted by Gasteiger charge is -2.66. The second-order valence-corrected chi connectivity index (χ2v) is 14.6. The molecule has 0 aromatic carbocycles. The van der Waals surface area contributed by atoms with E-state index in [9.17, 15) is 19.2 Å². The molecule has 1 aromatic rings. The summed E-state index contributed by atoms with van der Waals surface area (Å²) < 4.78 is 42.5. The molecule has 4 aliphatic rings. The van der Waals surface area contributed by atoms with Crippen molar-refractivity contribution in [3.8, 4) is 0 Å². The summed E-state index contributed by atoms with van der Waals surface area (Å²) in [7, 11) is 3.00. The SMILES string of the molecule is C/C=C(\C)C(=O)O[C@@H]1[C@@H]2OC[C@]3(C)[C@H](OC(C)=O)C[C@H](OC(C)=O)[C@@](C)([C@@H]23)[C@@H](CC(=O)OC)[C@]1(C)C1=C(C)[C@H](c2ccoc2)C[C@@H]1OC. The van der Waals surface area contributed by atoms with Gasteiger partial charge < -0.3 is 32.8 Å². The van der Waals surface area contributed by atoms with Gasteiger partial charge in [0.05, 0.1) is 38.5 Å². The van der Waals surface area contributed by atoms with Crippen LogP contribution in [-0.4, -0.2) is 75.2 Å². The molecule has 0 unspecified atom stereocenters. The van der Waals surface area contributed by atoms with E-state index in [1.54, 1.807) is 39.6 Å². The van der Waals surface area contributed by atoms with Gasteiger partial charge in [-0.2, -0.15) is 0 Å². The lowest BCUT2D eigenvalue weighted by molar-refractivity contribution is -0.260. The number of hydrogen-bond donors (Lipinski definition) is 0. The lowest BCUT2D eigenvalue weighted by atomic mass is 9.39. The van der Waals surface area contributed by atoms with Crippen molar-refractivity contribution in [2.75, 3.05) is 20.8 Å². The fourth-order valence-corrected chi connectivity index (χ4v) is 10.1. The minimum Gasteiger partial charge on any atom is -0.472 e. The molecule has 5 rings (SSSR count). The zero-order chi connectivity index (χ0) is 35.3. The van der Waals surface area contributed by atoms with Gasteiger partial charge in [-0.15, -0.1) is 0 Å². The number of methoxy groups -OCH3 is 2. The fraction of sp³-hybridized carbons (Fsp3) is 0.676. The van der Waals surface area contributed by atoms with Crippen LogP contribution in [0.2, 0.25) is 0 Å². The maximum absolute atomic E-state index is 13.8. The molecular weight excluding hydrogens is 620 g/mol. The second kappa shape index (κ2) is 13.1. The van der Waals surface area contributed by atoms with Crippen LogP contribution < -0.4 is 0 Å². The van der Waals surface area contributed by atoms with Crippen LogP contribution in [0, 0.1) is 28.1 Å². The molecule has 11 nitrogen and oxygen atoms in total. The summed E-state index contributed by atoms with van der Waals surface area (Å²) in [6, 6.07) is 1.93. The first-order chi connectivity index (χ1) is 22.6. The Hall–Kier alpha value is -3.44. The van der Waals surface area contributed by atoms with E-state index in [2.05, 4.69) is 6.92 Å². The molecule has 0 N–H and O–H groups in total. The molecule has 264 valence electrons. The van der Waals surface area contributed by atoms with Gasteiger partial charge in [0.25, 0.3) is 0 Å². The Morgan fingerprint density at radius 2 is 1.65 bits per heavy atom. The van der Waals surface area contributed by atoms with E-state index in [0.717, 1.165) is 16.7 Å². The van der Waals surface area contributed by atoms with E-state index < -0.39 is 82.5 Å². The maximum Gasteiger partial charge on any atom is 0.333 e. The molecule has 3 aliphatic carbocycles. The van der Waals surface area contributed by atoms with Crippen LogP contribution in [0.5, 0.6) is 0 Å². The summed E-state index contributed by atoms with van der Waals surface area (Å²) in [5.41, 5.74) is 0.531. The smallest absolute Gasteiger partial charge is 0.333 e. The summed E-state index contributed by atoms with van der Waals surface area (Å²) in [5, 5.41) is 0. The Morgan fingerprint density at radius 3 is 2.21 bits per heavy atom. The third-order valence-electron chi connectivity index (χ3n) is 12.3. The topological polar surface area (TPSA) is 137 Å². The average molecular weight is 671 g/mol. The Balaban J connectivity index is 1.83. The van der Waals surface area contributed by atoms with Crippen molar-refractivity contribution in [2.24, 2.45) is 28.1 Å². The first-order valence-corrected chi connectivity index (χ1v) is 16.7. The van der Waals surface area contributed by atoms with Crippen molar-refractivity contribution in [1.29, 1.82) is 0 Å². The largest absolute Gasteiger partial charge is 0.472 e. The molecule has 0 bridgehead atoms. The Morgan fingerprint density at radius 1 is 0.979 bits per heavy atom. The van der Waals surface area contributed by atoms with Crippen molar-refractivity contribution < 1.29 is 52.0 Å². The Bertz CT molecular complexity index is 1490. The van der Waals surface area contributed by atoms with Crippen molar-refractivity contribution in [2.45, 2.75) is 111 Å². The van der Waals surface area contributed by atoms with E-state index in [1.807, 2.05) is 26.8 Å². The summed E-state index contributed by atoms with van der Waals surface area (Å²) in [6.07, 6.45) is 2.33. The van der Waals surface area contributed by atoms with E-state index in [0.29, 0.717) is 12.0 Å². The van der Waals surface area contributed by atoms with Crippen LogP contribution in [0.15, 0.2) is 45.8 Å². The molecule has 2 saturated carbocycles. The minimum absolute atomic E-state index is 0.0582. The van der Waals surface area contributed by atoms with Gasteiger partial charge in [0, 0.05) is 67.5 Å². The van der Waals surface area contributed by atoms with Crippen LogP contribution in [0.3, 0.4) is 0 Å². The number of esters is 4. The van der Waals surface area contributed by atoms with Gasteiger partial charge in [0.2, 0.25) is 0 Å². The molecule has 0 spiro atoms. The van der Waals surface area contributed by atoms with Crippen molar-refractivity contribution in [1.82, 2.24) is 0 Å². The first kappa shape index (κ1) is 35.9. The van der Waals surface area contributed by atoms with Gasteiger partial charge >= 0.3 is 23.9 Å². The van der Waals surface area contributed by atoms with Crippen LogP contribution in [0.4, 0.5) is 0 Å². The van der Waals surface area contributed by atoms with Crippen molar-refractivity contribution in [3.63, 3.8) is 0 Å². The highest BCUT2D eigenvalue weighted by Gasteiger charge is 2.77. The third-order valence-corrected chi connectivity index (χ3v) is 12.3. The predicted octanol–water partition coefficient (Wildman–Crippen LogP) is 5.47. The Kier molecular flexibility index (Phi) is 9.80. The fourth-order valence-electron chi connectivity index (χ4n) is 10.1. The van der Waals surface area contributed by atoms with Gasteiger partial charge in [0.1, 0.15) is 18.3 Å². The van der Waals surface area contributed by atoms with Gasteiger partial charge in [-0.3, -0.25) is 14.4 Å². The highest BCUT2D eigenvalue weighted by atomic mass is 16.6. The standard InChI is InChI=1S/C37H50O11/c1-11-19(2)34(41)48-33-31-32-35(6,18-45-31)27(46-21(4)38)16-28(47-22(5)39)36(32,7)26(15-29(40)43-10)37(33,8)30-20(3)24(14-25(30)42-9)23-12-13-44-17-23/h11-13,17,24-28,31-33H,14-16,18H2,1-10H3/b19-11+/t24-,25+,26-,27-,28+,31-,32+,33-,35-,36+,37-/m1/s1. The third kappa shape index (κ3) is 5.50. The highest BCUT2D eigenvalue weighted by Crippen LogP contribution is 2.72. The van der Waals surface area contributed by atoms with E-state index in [-0.39, 0.29) is 25.4 Å². The quantitative estimate of drug-likeness (QED) is 0.143. The maximum atomic E-state index is 13.8. The van der Waals surface area contributed by atoms with E-state index >= 15 is 0 Å². The van der Waals surface area contributed by atoms with E-state index in [1.165, 1.54) is 21.0 Å². The number of carbonyl (C=O) groups is 4. The molecule has 3 fully saturated rings. The predicted molar refractivity (Wildman–Crippen MR) is 172 cm³/mol. The number of carbonyl (C=O) groups excluding carboxylic acids is 4. The van der Waals surface area contributed by atoms with Crippen LogP contribution in [-0.2, 0) is 47.6 Å². The zero-order valence-corrected chi connectivity index (χ0v) is 29.7. The van der Waals surface area contributed by atoms with Gasteiger partial charge in [-0.1, -0.05) is 32.4 Å². The van der Waals surface area contributed by atoms with Crippen molar-refractivity contribution in [3.05, 3.63) is 47.0 Å². The summed E-state index contributed by atoms with van der Waals surface area (Å²) in [4.78, 5) is 52.6. The molecule has 0 radical (unpaired) electrons. The molecule has 0 amide bonds. The molecule has 1 saturated heterocycles. The van der Waals surface area contributed by atoms with Crippen LogP contribution in [0.25, 0.3) is 0 Å². The Labute approximate surface area is 282 Å². The normalized spacial score (nSPS) is 39.1. The van der Waals surface area contributed by atoms with Gasteiger partial charge in [0.15, 0.2) is 0 Å². The van der Waals surface area contributed by atoms with E-state index in [4.69, 9.17) is 32.8 Å². The number of rotatable bonds is 9. The van der Waals surface area contributed by atoms with Gasteiger partial charge in [-0.25, -0.2) is 4.79 Å². The highest BCUT2D eigenvalue weighted by molar-refractivity contribution is 5.88. The average Bonchev–Trinajstić information content (AvgIpc) is 3.77. The summed E-state index contributed by atoms with van der Waals surface area (Å²) in [6.45, 7) is 14.5. The molecule has 11 heteroatoms. The molecule has 11 atom stereocenters. The number of hydrogen-bond acceptors (Lipinski definition) is 11. The number of ether oxygens (including phenoxy) is 6. The van der Waals surface area contributed by atoms with Crippen molar-refractivity contribution >= 4 is 23.9 Å². The molecular formula is C37H50O11. The molecule has 1 aromatic heterocycles. The first-order valence-electron chi connectivity index (χ1n) is 16.7. The lowest BCUT2D eigenvalue weighted by Crippen LogP contribution is -2.72. The monoisotopic (exact) mass is 670 g/mol. The molecule has 48 heavy (non-hydrogen) atoms. The van der Waals surface area contributed by atoms with Crippen LogP contribution in [0.1, 0.15) is 86.1 Å². The second-order valence-electron chi connectivity index (χ2n) is 14.6. The number of furan rings is 1. The number of allylic oxidation sites excluding steroid dienone is 2. The zero-order valence-electron chi connectivity index (χ0n) is 29.7. The van der Waals surface area contributed by atoms with Gasteiger partial charge in [-0.05, 0) is 50.3 Å². The molecule has 2 heterocycles. The summed E-state index contributed by atoms with van der Waals surface area (Å²) in [5.74, 6) is -3.06. The minimum atomic E-state index is -1.09. The summed E-state index contributed by atoms with van der Waals surface area (Å²) >= 11 is 0.